The van der Waals surface area contributed by atoms with Crippen molar-refractivity contribution in [3.05, 3.63) is 29.3 Å². The van der Waals surface area contributed by atoms with E-state index in [4.69, 9.17) is 50.0 Å². The van der Waals surface area contributed by atoms with Crippen molar-refractivity contribution in [1.29, 1.82) is 0 Å². The smallest absolute Gasteiger partial charge is 0.387 e. The lowest BCUT2D eigenvalue weighted by Gasteiger charge is -2.26. The number of nitrogens with two attached hydrogens (primary N) is 4. The van der Waals surface area contributed by atoms with Gasteiger partial charge in [-0.3, -0.25) is 37.0 Å². The van der Waals surface area contributed by atoms with Crippen molar-refractivity contribution in [2.45, 2.75) is 49.1 Å². The number of ether oxygens (including phenoxy) is 2. The van der Waals surface area contributed by atoms with Crippen LogP contribution in [0.5, 0.6) is 0 Å². The lowest BCUT2D eigenvalue weighted by atomic mass is 10.1. The van der Waals surface area contributed by atoms with Crippen LogP contribution in [-0.4, -0.2) is 99.1 Å². The first-order valence-corrected chi connectivity index (χ1v) is 16.3. The van der Waals surface area contributed by atoms with Gasteiger partial charge < -0.3 is 31.2 Å². The fourth-order valence-electron chi connectivity index (χ4n) is 5.35. The Bertz CT molecular complexity index is 1940. The Morgan fingerprint density at radius 3 is 2.18 bits per heavy atom. The van der Waals surface area contributed by atoms with Gasteiger partial charge in [0.1, 0.15) is 48.5 Å². The molecule has 10 atom stereocenters. The largest absolute Gasteiger partial charge is 0.403 e. The highest BCUT2D eigenvalue weighted by molar-refractivity contribution is 7.51. The van der Waals surface area contributed by atoms with Gasteiger partial charge in [0.05, 0.1) is 25.9 Å². The van der Waals surface area contributed by atoms with Crippen molar-refractivity contribution in [2.75, 3.05) is 24.7 Å². The SMILES string of the molecule is Nc1nc2c(ncn2[C@@H]2O[C@@H]3COP(N)(=O)OC4[C@@H](COP(N)(=O)O[C@H]2C3O)O[C@@H](n2cnc3c(N)ncnc32)[C@H]4O)c(=O)[nH]1. The Kier molecular flexibility index (Phi) is 7.27. The van der Waals surface area contributed by atoms with Gasteiger partial charge in [-0.15, -0.1) is 0 Å². The van der Waals surface area contributed by atoms with Gasteiger partial charge in [0.25, 0.3) is 5.56 Å². The molecule has 0 spiro atoms. The van der Waals surface area contributed by atoms with Crippen LogP contribution >= 0.6 is 15.5 Å². The van der Waals surface area contributed by atoms with Crippen LogP contribution in [0.25, 0.3) is 22.3 Å². The van der Waals surface area contributed by atoms with Gasteiger partial charge >= 0.3 is 15.5 Å². The maximum Gasteiger partial charge on any atom is 0.403 e. The third-order valence-electron chi connectivity index (χ3n) is 7.38. The van der Waals surface area contributed by atoms with Crippen molar-refractivity contribution in [2.24, 2.45) is 11.0 Å². The van der Waals surface area contributed by atoms with Crippen molar-refractivity contribution in [3.63, 3.8) is 0 Å². The Morgan fingerprint density at radius 2 is 1.44 bits per heavy atom. The number of fused-ring (bicyclic) bond motifs is 5. The Balaban J connectivity index is 1.21. The predicted octanol–water partition coefficient (Wildman–Crippen LogP) is -2.41. The number of nitrogen functional groups attached to an aromatic ring is 2. The van der Waals surface area contributed by atoms with E-state index in [-0.39, 0.29) is 34.1 Å². The fraction of sp³-hybridized carbons (Fsp3) is 0.500. The molecule has 0 amide bonds. The zero-order chi connectivity index (χ0) is 31.8. The molecule has 3 fully saturated rings. The summed E-state index contributed by atoms with van der Waals surface area (Å²) in [6.07, 6.45) is -7.94. The van der Waals surface area contributed by atoms with Gasteiger partial charge in [0.15, 0.2) is 35.1 Å². The number of nitrogens with zero attached hydrogens (tertiary/aromatic N) is 7. The molecule has 7 heterocycles. The molecular formula is C20H26N12O11P2. The van der Waals surface area contributed by atoms with Crippen LogP contribution in [0.1, 0.15) is 12.5 Å². The fourth-order valence-corrected chi connectivity index (χ4v) is 7.35. The molecule has 0 radical (unpaired) electrons. The molecule has 4 aromatic heterocycles. The second-order valence-corrected chi connectivity index (χ2v) is 13.4. The van der Waals surface area contributed by atoms with E-state index in [9.17, 15) is 24.1 Å². The minimum atomic E-state index is -4.58. The lowest BCUT2D eigenvalue weighted by molar-refractivity contribution is -0.0598. The number of hydrogen-bond donors (Lipinski definition) is 7. The minimum absolute atomic E-state index is 0.0633. The molecule has 45 heavy (non-hydrogen) atoms. The predicted molar refractivity (Wildman–Crippen MR) is 147 cm³/mol. The van der Waals surface area contributed by atoms with Gasteiger partial charge in [-0.05, 0) is 0 Å². The van der Waals surface area contributed by atoms with Crippen molar-refractivity contribution < 1.29 is 46.9 Å². The summed E-state index contributed by atoms with van der Waals surface area (Å²) in [5.41, 5.74) is 22.9. The number of H-pyrrole nitrogens is 1. The quantitative estimate of drug-likeness (QED) is 0.109. The topological polar surface area (TPSA) is 341 Å². The molecule has 0 saturated carbocycles. The first-order chi connectivity index (χ1) is 21.3. The van der Waals surface area contributed by atoms with Crippen LogP contribution in [0.3, 0.4) is 0 Å². The number of anilines is 2. The maximum atomic E-state index is 13.4. The summed E-state index contributed by atoms with van der Waals surface area (Å²) in [5.74, 6) is -0.172. The van der Waals surface area contributed by atoms with E-state index in [0.717, 1.165) is 6.33 Å². The Hall–Kier alpha value is -3.44. The molecule has 2 bridgehead atoms. The van der Waals surface area contributed by atoms with Crippen LogP contribution < -0.4 is 28.0 Å². The molecule has 0 aliphatic carbocycles. The molecular weight excluding hydrogens is 646 g/mol. The first-order valence-electron chi connectivity index (χ1n) is 13.1. The van der Waals surface area contributed by atoms with Gasteiger partial charge in [-0.25, -0.2) is 40.1 Å². The summed E-state index contributed by atoms with van der Waals surface area (Å²) in [5, 5.41) is 22.3. The summed E-state index contributed by atoms with van der Waals surface area (Å²) in [7, 11) is -9.12. The molecule has 25 heteroatoms. The first kappa shape index (κ1) is 30.2. The molecule has 3 saturated heterocycles. The maximum absolute atomic E-state index is 13.4. The van der Waals surface area contributed by atoms with Crippen molar-refractivity contribution in [1.82, 2.24) is 39.0 Å². The van der Waals surface area contributed by atoms with E-state index in [0.29, 0.717) is 0 Å². The number of hydrogen-bond acceptors (Lipinski definition) is 18. The average molecular weight is 672 g/mol. The van der Waals surface area contributed by atoms with Gasteiger partial charge in [0.2, 0.25) is 5.95 Å². The third-order valence-corrected chi connectivity index (χ3v) is 9.48. The molecule has 3 aliphatic rings. The molecule has 23 nitrogen and oxygen atoms in total. The number of aliphatic hydroxyl groups excluding tert-OH is 2. The summed E-state index contributed by atoms with van der Waals surface area (Å²) in [6, 6.07) is 0. The average Bonchev–Trinajstić information content (AvgIpc) is 3.72. The summed E-state index contributed by atoms with van der Waals surface area (Å²) in [6.45, 7) is -1.31. The van der Waals surface area contributed by atoms with Crippen molar-refractivity contribution >= 4 is 49.6 Å². The second-order valence-electron chi connectivity index (χ2n) is 10.3. The number of aromatic amines is 1. The molecule has 242 valence electrons. The van der Waals surface area contributed by atoms with E-state index in [1.54, 1.807) is 0 Å². The number of imidazole rings is 2. The Morgan fingerprint density at radius 1 is 0.822 bits per heavy atom. The summed E-state index contributed by atoms with van der Waals surface area (Å²) >= 11 is 0. The number of rotatable bonds is 2. The van der Waals surface area contributed by atoms with Crippen LogP contribution in [0.2, 0.25) is 0 Å². The molecule has 4 aromatic rings. The van der Waals surface area contributed by atoms with E-state index in [2.05, 4.69) is 29.9 Å². The van der Waals surface area contributed by atoms with Gasteiger partial charge in [-0.2, -0.15) is 4.98 Å². The summed E-state index contributed by atoms with van der Waals surface area (Å²) in [4.78, 5) is 34.8. The van der Waals surface area contributed by atoms with E-state index in [1.165, 1.54) is 21.8 Å². The van der Waals surface area contributed by atoms with E-state index in [1.807, 2.05) is 0 Å². The molecule has 3 aliphatic heterocycles. The zero-order valence-corrected chi connectivity index (χ0v) is 24.5. The standard InChI is InChI=1S/C20H26N12O11P2/c21-14-8-15(26-3-25-14)31(4-27-8)18-11(34)12-7(41-18)2-39-45(24,37)43-13-10(33)6(1-38-44(23,36)42-12)40-19(13)32-5-28-9-16(32)29-20(22)30-17(9)35/h3-7,10-13,18-19,33-34H,1-2H2,(H2,23,36)(H2,24,37)(H2,21,25,26)(H3,22,29,30,35)/t6-,7-,10?,11+,12?,13+,18-,19-,44?,45?/m1/s1. The van der Waals surface area contributed by atoms with E-state index >= 15 is 0 Å². The molecule has 0 aromatic carbocycles. The lowest BCUT2D eigenvalue weighted by Crippen LogP contribution is -2.37. The number of aliphatic hydroxyl groups is 2. The second kappa shape index (κ2) is 10.8. The molecule has 7 rings (SSSR count). The van der Waals surface area contributed by atoms with Crippen LogP contribution in [-0.2, 0) is 36.7 Å². The van der Waals surface area contributed by atoms with E-state index < -0.39 is 83.3 Å². The summed E-state index contributed by atoms with van der Waals surface area (Å²) < 4.78 is 62.9. The number of nitrogens with one attached hydrogen (secondary N) is 1. The van der Waals surface area contributed by atoms with Gasteiger partial charge in [0, 0.05) is 0 Å². The van der Waals surface area contributed by atoms with Crippen LogP contribution in [0.15, 0.2) is 23.8 Å². The highest BCUT2D eigenvalue weighted by Gasteiger charge is 2.53. The number of aromatic nitrogens is 8. The molecule has 4 unspecified atom stereocenters. The van der Waals surface area contributed by atoms with Crippen molar-refractivity contribution in [3.8, 4) is 0 Å². The molecule has 11 N–H and O–H groups in total. The highest BCUT2D eigenvalue weighted by Crippen LogP contribution is 2.51. The zero-order valence-electron chi connectivity index (χ0n) is 22.7. The third kappa shape index (κ3) is 5.31. The minimum Gasteiger partial charge on any atom is -0.387 e. The van der Waals surface area contributed by atoms with Crippen LogP contribution in [0.4, 0.5) is 11.8 Å². The van der Waals surface area contributed by atoms with Crippen LogP contribution in [0, 0.1) is 0 Å². The normalized spacial score (nSPS) is 37.7. The Labute approximate surface area is 249 Å². The monoisotopic (exact) mass is 672 g/mol. The highest BCUT2D eigenvalue weighted by atomic mass is 31.2. The van der Waals surface area contributed by atoms with Gasteiger partial charge in [-0.1, -0.05) is 0 Å².